The Labute approximate surface area is 109 Å². The minimum Gasteiger partial charge on any atom is -0.481 e. The molecule has 1 aromatic carbocycles. The van der Waals surface area contributed by atoms with E-state index in [2.05, 4.69) is 15.3 Å². The number of hydrogen-bond acceptors (Lipinski definition) is 4. The third-order valence-corrected chi connectivity index (χ3v) is 2.47. The second kappa shape index (κ2) is 5.90. The van der Waals surface area contributed by atoms with Crippen molar-refractivity contribution in [2.24, 2.45) is 0 Å². The molecule has 0 spiro atoms. The monoisotopic (exact) mass is 261 g/mol. The lowest BCUT2D eigenvalue weighted by atomic mass is 10.1. The topological polar surface area (TPSA) is 75.1 Å². The van der Waals surface area contributed by atoms with Crippen molar-refractivity contribution in [3.63, 3.8) is 0 Å². The Morgan fingerprint density at radius 2 is 2.05 bits per heavy atom. The van der Waals surface area contributed by atoms with E-state index in [4.69, 9.17) is 5.11 Å². The van der Waals surface area contributed by atoms with Crippen LogP contribution in [0.5, 0.6) is 0 Å². The van der Waals surface area contributed by atoms with E-state index in [-0.39, 0.29) is 18.1 Å². The van der Waals surface area contributed by atoms with E-state index in [1.807, 2.05) is 0 Å². The summed E-state index contributed by atoms with van der Waals surface area (Å²) in [4.78, 5) is 18.4. The Morgan fingerprint density at radius 1 is 1.32 bits per heavy atom. The van der Waals surface area contributed by atoms with Gasteiger partial charge < -0.3 is 10.4 Å². The highest BCUT2D eigenvalue weighted by molar-refractivity contribution is 5.67. The quantitative estimate of drug-likeness (QED) is 0.864. The molecule has 98 valence electrons. The summed E-state index contributed by atoms with van der Waals surface area (Å²) >= 11 is 0. The standard InChI is InChI=1S/C13H12FN3O2/c14-10-4-2-9(3-5-12(18)19)8-11(10)17-13-15-6-1-7-16-13/h1-2,4,6-8H,3,5H2,(H,18,19)(H,15,16,17). The number of carboxylic acid groups (broad SMARTS) is 1. The molecule has 0 amide bonds. The molecule has 0 unspecified atom stereocenters. The molecule has 0 saturated heterocycles. The summed E-state index contributed by atoms with van der Waals surface area (Å²) in [5, 5.41) is 11.4. The lowest BCUT2D eigenvalue weighted by molar-refractivity contribution is -0.136. The van der Waals surface area contributed by atoms with Crippen molar-refractivity contribution >= 4 is 17.6 Å². The Hall–Kier alpha value is -2.50. The molecule has 0 radical (unpaired) electrons. The molecule has 6 heteroatoms. The van der Waals surface area contributed by atoms with E-state index in [1.165, 1.54) is 6.07 Å². The van der Waals surface area contributed by atoms with Crippen LogP contribution in [-0.4, -0.2) is 21.0 Å². The van der Waals surface area contributed by atoms with Crippen LogP contribution in [0.3, 0.4) is 0 Å². The molecule has 0 fully saturated rings. The Balaban J connectivity index is 2.15. The number of rotatable bonds is 5. The molecule has 0 aliphatic heterocycles. The molecular formula is C13H12FN3O2. The third kappa shape index (κ3) is 3.74. The van der Waals surface area contributed by atoms with E-state index in [9.17, 15) is 9.18 Å². The molecule has 0 atom stereocenters. The minimum atomic E-state index is -0.884. The molecule has 0 saturated carbocycles. The maximum atomic E-state index is 13.6. The van der Waals surface area contributed by atoms with Gasteiger partial charge in [-0.1, -0.05) is 6.07 Å². The number of carbonyl (C=O) groups is 1. The average molecular weight is 261 g/mol. The van der Waals surface area contributed by atoms with Crippen LogP contribution >= 0.6 is 0 Å². The zero-order valence-corrected chi connectivity index (χ0v) is 10.0. The van der Waals surface area contributed by atoms with E-state index in [1.54, 1.807) is 30.6 Å². The van der Waals surface area contributed by atoms with Gasteiger partial charge in [-0.15, -0.1) is 0 Å². The van der Waals surface area contributed by atoms with Crippen molar-refractivity contribution < 1.29 is 14.3 Å². The fourth-order valence-electron chi connectivity index (χ4n) is 1.56. The van der Waals surface area contributed by atoms with Crippen LogP contribution < -0.4 is 5.32 Å². The summed E-state index contributed by atoms with van der Waals surface area (Å²) in [5.74, 6) is -1.03. The first-order chi connectivity index (χ1) is 9.15. The summed E-state index contributed by atoms with van der Waals surface area (Å²) in [6, 6.07) is 6.08. The lowest BCUT2D eigenvalue weighted by Crippen LogP contribution is -2.01. The van der Waals surface area contributed by atoms with Crippen molar-refractivity contribution in [3.05, 3.63) is 48.0 Å². The second-order valence-electron chi connectivity index (χ2n) is 3.91. The smallest absolute Gasteiger partial charge is 0.303 e. The molecule has 1 heterocycles. The van der Waals surface area contributed by atoms with Gasteiger partial charge in [-0.3, -0.25) is 4.79 Å². The van der Waals surface area contributed by atoms with Crippen molar-refractivity contribution in [2.75, 3.05) is 5.32 Å². The molecule has 19 heavy (non-hydrogen) atoms. The molecule has 2 N–H and O–H groups in total. The fourth-order valence-corrected chi connectivity index (χ4v) is 1.56. The Kier molecular flexibility index (Phi) is 4.02. The van der Waals surface area contributed by atoms with E-state index >= 15 is 0 Å². The number of aromatic nitrogens is 2. The molecule has 2 rings (SSSR count). The third-order valence-electron chi connectivity index (χ3n) is 2.47. The minimum absolute atomic E-state index is 0.00685. The normalized spacial score (nSPS) is 10.2. The number of aryl methyl sites for hydroxylation is 1. The molecule has 0 aliphatic rings. The predicted octanol–water partition coefficient (Wildman–Crippen LogP) is 2.38. The van der Waals surface area contributed by atoms with Gasteiger partial charge in [0.25, 0.3) is 0 Å². The van der Waals surface area contributed by atoms with Crippen molar-refractivity contribution in [1.82, 2.24) is 9.97 Å². The van der Waals surface area contributed by atoms with Gasteiger partial charge >= 0.3 is 5.97 Å². The van der Waals surface area contributed by atoms with Crippen molar-refractivity contribution in [3.8, 4) is 0 Å². The largest absolute Gasteiger partial charge is 0.481 e. The molecule has 0 aliphatic carbocycles. The number of benzene rings is 1. The summed E-state index contributed by atoms with van der Waals surface area (Å²) in [6.45, 7) is 0. The van der Waals surface area contributed by atoms with E-state index in [0.29, 0.717) is 6.42 Å². The Morgan fingerprint density at radius 3 is 2.74 bits per heavy atom. The zero-order valence-electron chi connectivity index (χ0n) is 10.0. The second-order valence-corrected chi connectivity index (χ2v) is 3.91. The van der Waals surface area contributed by atoms with Crippen LogP contribution in [0.15, 0.2) is 36.7 Å². The summed E-state index contributed by atoms with van der Waals surface area (Å²) in [7, 11) is 0. The van der Waals surface area contributed by atoms with E-state index in [0.717, 1.165) is 5.56 Å². The van der Waals surface area contributed by atoms with Crippen LogP contribution in [0, 0.1) is 5.82 Å². The van der Waals surface area contributed by atoms with Gasteiger partial charge in [0.05, 0.1) is 5.69 Å². The number of nitrogens with zero attached hydrogens (tertiary/aromatic N) is 2. The molecule has 5 nitrogen and oxygen atoms in total. The number of halogens is 1. The van der Waals surface area contributed by atoms with Gasteiger partial charge in [-0.2, -0.15) is 0 Å². The van der Waals surface area contributed by atoms with Gasteiger partial charge in [-0.05, 0) is 30.2 Å². The first-order valence-electron chi connectivity index (χ1n) is 5.69. The Bertz CT molecular complexity index is 575. The zero-order chi connectivity index (χ0) is 13.7. The first kappa shape index (κ1) is 12.9. The molecular weight excluding hydrogens is 249 g/mol. The van der Waals surface area contributed by atoms with Crippen molar-refractivity contribution in [2.45, 2.75) is 12.8 Å². The maximum absolute atomic E-state index is 13.6. The summed E-state index contributed by atoms with van der Waals surface area (Å²) in [5.41, 5.74) is 0.969. The maximum Gasteiger partial charge on any atom is 0.303 e. The highest BCUT2D eigenvalue weighted by Crippen LogP contribution is 2.19. The fraction of sp³-hybridized carbons (Fsp3) is 0.154. The van der Waals surface area contributed by atoms with Gasteiger partial charge in [-0.25, -0.2) is 14.4 Å². The van der Waals surface area contributed by atoms with E-state index < -0.39 is 11.8 Å². The van der Waals surface area contributed by atoms with Crippen LogP contribution in [0.2, 0.25) is 0 Å². The average Bonchev–Trinajstić information content (AvgIpc) is 2.41. The van der Waals surface area contributed by atoms with Crippen LogP contribution in [-0.2, 0) is 11.2 Å². The van der Waals surface area contributed by atoms with Crippen LogP contribution in [0.25, 0.3) is 0 Å². The number of carboxylic acids is 1. The molecule has 0 bridgehead atoms. The van der Waals surface area contributed by atoms with Gasteiger partial charge in [0.15, 0.2) is 0 Å². The SMILES string of the molecule is O=C(O)CCc1ccc(F)c(Nc2ncccn2)c1. The van der Waals surface area contributed by atoms with Gasteiger partial charge in [0, 0.05) is 18.8 Å². The van der Waals surface area contributed by atoms with Crippen LogP contribution in [0.1, 0.15) is 12.0 Å². The number of anilines is 2. The lowest BCUT2D eigenvalue weighted by Gasteiger charge is -2.07. The van der Waals surface area contributed by atoms with Gasteiger partial charge in [0.1, 0.15) is 5.82 Å². The van der Waals surface area contributed by atoms with Crippen molar-refractivity contribution in [1.29, 1.82) is 0 Å². The highest BCUT2D eigenvalue weighted by atomic mass is 19.1. The highest BCUT2D eigenvalue weighted by Gasteiger charge is 2.06. The first-order valence-corrected chi connectivity index (χ1v) is 5.69. The number of nitrogens with one attached hydrogen (secondary N) is 1. The van der Waals surface area contributed by atoms with Gasteiger partial charge in [0.2, 0.25) is 5.95 Å². The molecule has 1 aromatic heterocycles. The number of aliphatic carboxylic acids is 1. The number of hydrogen-bond donors (Lipinski definition) is 2. The summed E-state index contributed by atoms with van der Waals surface area (Å²) < 4.78 is 13.6. The van der Waals surface area contributed by atoms with Crippen LogP contribution in [0.4, 0.5) is 16.0 Å². The molecule has 2 aromatic rings. The summed E-state index contributed by atoms with van der Waals surface area (Å²) in [6.07, 6.45) is 3.44. The predicted molar refractivity (Wildman–Crippen MR) is 67.7 cm³/mol.